The van der Waals surface area contributed by atoms with Crippen molar-refractivity contribution in [3.8, 4) is 0 Å². The molecule has 148 valence electrons. The molecule has 0 bridgehead atoms. The molecule has 0 aliphatic heterocycles. The minimum absolute atomic E-state index is 0.101. The summed E-state index contributed by atoms with van der Waals surface area (Å²) in [5.41, 5.74) is 1.96. The van der Waals surface area contributed by atoms with Crippen molar-refractivity contribution < 1.29 is 19.0 Å². The Morgan fingerprint density at radius 2 is 1.81 bits per heavy atom. The molecule has 1 aromatic rings. The number of ether oxygens (including phenoxy) is 2. The highest BCUT2D eigenvalue weighted by atomic mass is 28.4. The molecular formula is C21H36O4Si. The molecule has 0 saturated heterocycles. The predicted molar refractivity (Wildman–Crippen MR) is 110 cm³/mol. The zero-order chi connectivity index (χ0) is 19.8. The molecule has 1 aromatic carbocycles. The van der Waals surface area contributed by atoms with Gasteiger partial charge in [-0.15, -0.1) is 0 Å². The van der Waals surface area contributed by atoms with Crippen molar-refractivity contribution >= 4 is 8.32 Å². The van der Waals surface area contributed by atoms with Crippen molar-refractivity contribution in [3.05, 3.63) is 47.5 Å². The Balaban J connectivity index is 2.86. The molecule has 0 aliphatic carbocycles. The lowest BCUT2D eigenvalue weighted by atomic mass is 10.0. The van der Waals surface area contributed by atoms with E-state index in [1.165, 1.54) is 0 Å². The number of rotatable bonds is 10. The highest BCUT2D eigenvalue weighted by Gasteiger charge is 2.37. The first kappa shape index (κ1) is 23.1. The maximum absolute atomic E-state index is 10.6. The second-order valence-corrected chi connectivity index (χ2v) is 13.1. The van der Waals surface area contributed by atoms with Gasteiger partial charge in [-0.25, -0.2) is 0 Å². The summed E-state index contributed by atoms with van der Waals surface area (Å²) in [6, 6.07) is 9.73. The average Bonchev–Trinajstić information content (AvgIpc) is 2.57. The van der Waals surface area contributed by atoms with Gasteiger partial charge in [-0.3, -0.25) is 0 Å². The van der Waals surface area contributed by atoms with Gasteiger partial charge in [-0.05, 0) is 36.2 Å². The van der Waals surface area contributed by atoms with Crippen LogP contribution in [0.4, 0.5) is 0 Å². The summed E-state index contributed by atoms with van der Waals surface area (Å²) in [7, 11) is -0.254. The molecular weight excluding hydrogens is 344 g/mol. The first-order valence-corrected chi connectivity index (χ1v) is 12.1. The SMILES string of the molecule is COCO[C@@H](C)/C=C(/CO[Si](C)(C)C(C)(C)C)C[C@@H](O)c1ccccc1. The Morgan fingerprint density at radius 3 is 2.35 bits per heavy atom. The van der Waals surface area contributed by atoms with Gasteiger partial charge in [0, 0.05) is 13.5 Å². The largest absolute Gasteiger partial charge is 0.413 e. The number of aliphatic hydroxyl groups excluding tert-OH is 1. The van der Waals surface area contributed by atoms with Crippen LogP contribution in [0.25, 0.3) is 0 Å². The molecule has 0 fully saturated rings. The number of benzene rings is 1. The Bertz CT molecular complexity index is 549. The normalized spacial score (nSPS) is 15.8. The molecule has 26 heavy (non-hydrogen) atoms. The Hall–Kier alpha value is -0.983. The van der Waals surface area contributed by atoms with Gasteiger partial charge in [0.2, 0.25) is 0 Å². The second kappa shape index (κ2) is 10.4. The van der Waals surface area contributed by atoms with Gasteiger partial charge < -0.3 is 19.0 Å². The number of hydrogen-bond donors (Lipinski definition) is 1. The third-order valence-electron chi connectivity index (χ3n) is 4.98. The fourth-order valence-corrected chi connectivity index (χ4v) is 3.24. The standard InChI is InChI=1S/C21H36O4Si/c1-17(24-16-23-5)13-18(15-25-26(6,7)21(2,3)4)14-20(22)19-11-9-8-10-12-19/h8-13,17,20,22H,14-16H2,1-7H3/b18-13+/t17-,20+/m0/s1. The van der Waals surface area contributed by atoms with E-state index >= 15 is 0 Å². The number of methoxy groups -OCH3 is 1. The van der Waals surface area contributed by atoms with Gasteiger partial charge in [0.15, 0.2) is 8.32 Å². The van der Waals surface area contributed by atoms with Crippen molar-refractivity contribution in [3.63, 3.8) is 0 Å². The Morgan fingerprint density at radius 1 is 1.19 bits per heavy atom. The number of aliphatic hydroxyl groups is 1. The molecule has 4 nitrogen and oxygen atoms in total. The lowest BCUT2D eigenvalue weighted by molar-refractivity contribution is -0.0499. The molecule has 5 heteroatoms. The zero-order valence-electron chi connectivity index (χ0n) is 17.4. The van der Waals surface area contributed by atoms with Crippen LogP contribution >= 0.6 is 0 Å². The molecule has 1 rings (SSSR count). The monoisotopic (exact) mass is 380 g/mol. The summed E-state index contributed by atoms with van der Waals surface area (Å²) in [6.07, 6.45) is 1.91. The van der Waals surface area contributed by atoms with Gasteiger partial charge >= 0.3 is 0 Å². The van der Waals surface area contributed by atoms with Gasteiger partial charge in [0.05, 0.1) is 18.8 Å². The van der Waals surface area contributed by atoms with E-state index in [0.717, 1.165) is 11.1 Å². The van der Waals surface area contributed by atoms with Crippen LogP contribution in [0.5, 0.6) is 0 Å². The average molecular weight is 381 g/mol. The maximum atomic E-state index is 10.6. The summed E-state index contributed by atoms with van der Waals surface area (Å²) in [5, 5.41) is 10.8. The van der Waals surface area contributed by atoms with Crippen molar-refractivity contribution in [1.82, 2.24) is 0 Å². The molecule has 0 saturated carbocycles. The summed E-state index contributed by atoms with van der Waals surface area (Å²) in [4.78, 5) is 0. The molecule has 0 radical (unpaired) electrons. The van der Waals surface area contributed by atoms with Gasteiger partial charge in [-0.2, -0.15) is 0 Å². The lowest BCUT2D eigenvalue weighted by Gasteiger charge is -2.36. The molecule has 0 aromatic heterocycles. The number of hydrogen-bond acceptors (Lipinski definition) is 4. The van der Waals surface area contributed by atoms with E-state index in [-0.39, 0.29) is 17.9 Å². The molecule has 2 atom stereocenters. The predicted octanol–water partition coefficient (Wildman–Crippen LogP) is 5.07. The minimum atomic E-state index is -1.86. The maximum Gasteiger partial charge on any atom is 0.192 e. The Labute approximate surface area is 160 Å². The van der Waals surface area contributed by atoms with Crippen LogP contribution in [0.2, 0.25) is 18.1 Å². The van der Waals surface area contributed by atoms with Crippen LogP contribution in [-0.4, -0.2) is 40.0 Å². The molecule has 0 spiro atoms. The smallest absolute Gasteiger partial charge is 0.192 e. The van der Waals surface area contributed by atoms with E-state index in [0.29, 0.717) is 13.0 Å². The van der Waals surface area contributed by atoms with E-state index in [1.807, 2.05) is 43.3 Å². The van der Waals surface area contributed by atoms with E-state index in [9.17, 15) is 5.11 Å². The van der Waals surface area contributed by atoms with Crippen molar-refractivity contribution in [2.24, 2.45) is 0 Å². The molecule has 1 N–H and O–H groups in total. The third kappa shape index (κ3) is 7.72. The summed E-state index contributed by atoms with van der Waals surface area (Å²) in [6.45, 7) is 13.9. The Kier molecular flexibility index (Phi) is 9.20. The first-order valence-electron chi connectivity index (χ1n) is 9.24. The van der Waals surface area contributed by atoms with Gasteiger partial charge in [-0.1, -0.05) is 57.2 Å². The van der Waals surface area contributed by atoms with Gasteiger partial charge in [0.25, 0.3) is 0 Å². The lowest BCUT2D eigenvalue weighted by Crippen LogP contribution is -2.41. The van der Waals surface area contributed by atoms with Crippen molar-refractivity contribution in [2.45, 2.75) is 64.5 Å². The molecule has 0 unspecified atom stereocenters. The van der Waals surface area contributed by atoms with E-state index in [4.69, 9.17) is 13.9 Å². The zero-order valence-corrected chi connectivity index (χ0v) is 18.4. The summed E-state index contributed by atoms with van der Waals surface area (Å²) in [5.74, 6) is 0. The fraction of sp³-hybridized carbons (Fsp3) is 0.619. The van der Waals surface area contributed by atoms with E-state index < -0.39 is 14.4 Å². The van der Waals surface area contributed by atoms with Crippen LogP contribution in [-0.2, 0) is 13.9 Å². The molecule has 0 amide bonds. The summed E-state index contributed by atoms with van der Waals surface area (Å²) < 4.78 is 16.9. The van der Waals surface area contributed by atoms with E-state index in [1.54, 1.807) is 7.11 Å². The molecule has 0 heterocycles. The third-order valence-corrected chi connectivity index (χ3v) is 9.46. The van der Waals surface area contributed by atoms with Crippen LogP contribution in [0.1, 0.15) is 45.8 Å². The van der Waals surface area contributed by atoms with E-state index in [2.05, 4.69) is 33.9 Å². The highest BCUT2D eigenvalue weighted by molar-refractivity contribution is 6.74. The topological polar surface area (TPSA) is 47.9 Å². The second-order valence-electron chi connectivity index (χ2n) is 8.28. The van der Waals surface area contributed by atoms with Crippen LogP contribution in [0.15, 0.2) is 42.0 Å². The highest BCUT2D eigenvalue weighted by Crippen LogP contribution is 2.37. The quantitative estimate of drug-likeness (QED) is 0.350. The molecule has 0 aliphatic rings. The van der Waals surface area contributed by atoms with Crippen molar-refractivity contribution in [2.75, 3.05) is 20.5 Å². The van der Waals surface area contributed by atoms with Crippen LogP contribution < -0.4 is 0 Å². The summed E-state index contributed by atoms with van der Waals surface area (Å²) >= 11 is 0. The fourth-order valence-electron chi connectivity index (χ4n) is 2.26. The van der Waals surface area contributed by atoms with Crippen LogP contribution in [0, 0.1) is 0 Å². The van der Waals surface area contributed by atoms with Gasteiger partial charge in [0.1, 0.15) is 6.79 Å². The first-order chi connectivity index (χ1) is 12.1. The van der Waals surface area contributed by atoms with Crippen LogP contribution in [0.3, 0.4) is 0 Å². The minimum Gasteiger partial charge on any atom is -0.413 e. The van der Waals surface area contributed by atoms with Crippen molar-refractivity contribution in [1.29, 1.82) is 0 Å².